The van der Waals surface area contributed by atoms with E-state index in [0.717, 1.165) is 38.5 Å². The van der Waals surface area contributed by atoms with Crippen molar-refractivity contribution in [1.82, 2.24) is 9.97 Å². The molecule has 0 saturated carbocycles. The second-order valence-corrected chi connectivity index (χ2v) is 9.07. The number of hydrogen-bond donors (Lipinski definition) is 2. The van der Waals surface area contributed by atoms with E-state index in [1.807, 2.05) is 24.3 Å². The molecule has 0 bridgehead atoms. The van der Waals surface area contributed by atoms with Crippen molar-refractivity contribution >= 4 is 37.4 Å². The van der Waals surface area contributed by atoms with Gasteiger partial charge in [0.15, 0.2) is 0 Å². The van der Waals surface area contributed by atoms with E-state index in [2.05, 4.69) is 20.7 Å². The van der Waals surface area contributed by atoms with Gasteiger partial charge >= 0.3 is 0 Å². The van der Waals surface area contributed by atoms with Crippen LogP contribution in [0.1, 0.15) is 5.56 Å². The molecular weight excluding hydrogens is 420 g/mol. The van der Waals surface area contributed by atoms with E-state index in [-0.39, 0.29) is 4.90 Å². The lowest BCUT2D eigenvalue weighted by atomic mass is 10.1. The fourth-order valence-electron chi connectivity index (χ4n) is 3.16. The first kappa shape index (κ1) is 20.3. The lowest BCUT2D eigenvalue weighted by Gasteiger charge is -2.09. The Balaban J connectivity index is 1.53. The first-order valence-corrected chi connectivity index (χ1v) is 11.6. The van der Waals surface area contributed by atoms with Crippen LogP contribution in [0.4, 0.5) is 5.82 Å². The summed E-state index contributed by atoms with van der Waals surface area (Å²) in [6, 6.07) is 14.5. The fraction of sp³-hybridized carbons (Fsp3) is 0.143. The van der Waals surface area contributed by atoms with E-state index >= 15 is 0 Å². The van der Waals surface area contributed by atoms with Crippen molar-refractivity contribution in [1.29, 1.82) is 0 Å². The topological polar surface area (TPSA) is 107 Å². The third-order valence-electron chi connectivity index (χ3n) is 4.73. The molecule has 0 amide bonds. The van der Waals surface area contributed by atoms with Crippen LogP contribution in [0.5, 0.6) is 5.75 Å². The van der Waals surface area contributed by atoms with Gasteiger partial charge in [-0.15, -0.1) is 11.3 Å². The number of fused-ring (bicyclic) bond motifs is 1. The number of sulfonamides is 1. The summed E-state index contributed by atoms with van der Waals surface area (Å²) in [5.74, 6) is 1.58. The van der Waals surface area contributed by atoms with Crippen LogP contribution < -0.4 is 15.2 Å². The van der Waals surface area contributed by atoms with Crippen LogP contribution >= 0.6 is 11.3 Å². The van der Waals surface area contributed by atoms with Crippen LogP contribution in [0, 0.1) is 0 Å². The molecular formula is C21H20N4O3S2. The van der Waals surface area contributed by atoms with E-state index in [9.17, 15) is 8.42 Å². The van der Waals surface area contributed by atoms with Gasteiger partial charge < -0.3 is 10.1 Å². The van der Waals surface area contributed by atoms with Gasteiger partial charge in [-0.2, -0.15) is 0 Å². The third kappa shape index (κ3) is 4.28. The van der Waals surface area contributed by atoms with Gasteiger partial charge in [0, 0.05) is 17.5 Å². The maximum absolute atomic E-state index is 11.4. The highest BCUT2D eigenvalue weighted by atomic mass is 32.2. The molecule has 7 nitrogen and oxygen atoms in total. The molecule has 0 fully saturated rings. The zero-order chi connectivity index (χ0) is 21.1. The summed E-state index contributed by atoms with van der Waals surface area (Å²) in [6.45, 7) is 0.638. The maximum Gasteiger partial charge on any atom is 0.238 e. The fourth-order valence-corrected chi connectivity index (χ4v) is 4.59. The van der Waals surface area contributed by atoms with Gasteiger partial charge in [-0.1, -0.05) is 24.3 Å². The predicted molar refractivity (Wildman–Crippen MR) is 119 cm³/mol. The maximum atomic E-state index is 11.4. The second kappa shape index (κ2) is 8.39. The minimum Gasteiger partial charge on any atom is -0.497 e. The molecule has 3 N–H and O–H groups in total. The molecule has 154 valence electrons. The molecule has 2 heterocycles. The molecule has 4 aromatic rings. The molecule has 9 heteroatoms. The van der Waals surface area contributed by atoms with E-state index in [0.29, 0.717) is 13.0 Å². The van der Waals surface area contributed by atoms with E-state index in [1.165, 1.54) is 12.1 Å². The van der Waals surface area contributed by atoms with Crippen LogP contribution in [0.3, 0.4) is 0 Å². The van der Waals surface area contributed by atoms with Crippen molar-refractivity contribution in [2.45, 2.75) is 11.3 Å². The van der Waals surface area contributed by atoms with Crippen LogP contribution in [-0.4, -0.2) is 32.0 Å². The van der Waals surface area contributed by atoms with Crippen molar-refractivity contribution in [3.05, 3.63) is 65.8 Å². The molecule has 4 rings (SSSR count). The minimum atomic E-state index is -3.68. The van der Waals surface area contributed by atoms with Gasteiger partial charge in [0.1, 0.15) is 22.7 Å². The number of anilines is 1. The molecule has 0 unspecified atom stereocenters. The first-order chi connectivity index (χ1) is 14.5. The van der Waals surface area contributed by atoms with Crippen molar-refractivity contribution in [3.63, 3.8) is 0 Å². The molecule has 2 aromatic carbocycles. The molecule has 30 heavy (non-hydrogen) atoms. The number of nitrogens with one attached hydrogen (secondary N) is 1. The average molecular weight is 441 g/mol. The summed E-state index contributed by atoms with van der Waals surface area (Å²) in [6.07, 6.45) is 2.26. The number of primary sulfonamides is 1. The van der Waals surface area contributed by atoms with Gasteiger partial charge in [0.05, 0.1) is 17.4 Å². The Labute approximate surface area is 178 Å². The highest BCUT2D eigenvalue weighted by Crippen LogP contribution is 2.36. The number of thiophene rings is 1. The quantitative estimate of drug-likeness (QED) is 0.454. The van der Waals surface area contributed by atoms with Crippen molar-refractivity contribution in [2.75, 3.05) is 19.0 Å². The normalized spacial score (nSPS) is 11.5. The molecule has 0 atom stereocenters. The summed E-state index contributed by atoms with van der Waals surface area (Å²) in [5.41, 5.74) is 3.14. The van der Waals surface area contributed by atoms with Crippen molar-refractivity contribution < 1.29 is 13.2 Å². The summed E-state index contributed by atoms with van der Waals surface area (Å²) in [5, 5.41) is 11.6. The summed E-state index contributed by atoms with van der Waals surface area (Å²) >= 11 is 1.58. The minimum absolute atomic E-state index is 0.110. The van der Waals surface area contributed by atoms with E-state index in [4.69, 9.17) is 9.88 Å². The molecule has 0 aliphatic carbocycles. The lowest BCUT2D eigenvalue weighted by molar-refractivity contribution is 0.415. The number of ether oxygens (including phenoxy) is 1. The first-order valence-electron chi connectivity index (χ1n) is 9.18. The van der Waals surface area contributed by atoms with Gasteiger partial charge in [-0.05, 0) is 41.8 Å². The summed E-state index contributed by atoms with van der Waals surface area (Å²) in [4.78, 5) is 9.86. The van der Waals surface area contributed by atoms with E-state index in [1.54, 1.807) is 36.9 Å². The van der Waals surface area contributed by atoms with Gasteiger partial charge in [-0.3, -0.25) is 0 Å². The molecule has 2 aromatic heterocycles. The van der Waals surface area contributed by atoms with Gasteiger partial charge in [0.2, 0.25) is 10.0 Å². The Morgan fingerprint density at radius 1 is 1.07 bits per heavy atom. The zero-order valence-electron chi connectivity index (χ0n) is 16.2. The summed E-state index contributed by atoms with van der Waals surface area (Å²) < 4.78 is 28.0. The van der Waals surface area contributed by atoms with Crippen molar-refractivity contribution in [3.8, 4) is 16.9 Å². The smallest absolute Gasteiger partial charge is 0.238 e. The Hall–Kier alpha value is -3.01. The van der Waals surface area contributed by atoms with Gasteiger partial charge in [-0.25, -0.2) is 23.5 Å². The standard InChI is InChI=1S/C21H20N4O3S2/c1-28-16-6-4-15(5-7-16)18-12-29-21-19(18)20(24-13-25-21)23-11-10-14-2-8-17(9-3-14)30(22,26)27/h2-9,12-13H,10-11H2,1H3,(H2,22,26,27)(H,23,24,25). The van der Waals surface area contributed by atoms with Crippen LogP contribution in [-0.2, 0) is 16.4 Å². The van der Waals surface area contributed by atoms with Crippen LogP contribution in [0.15, 0.2) is 65.1 Å². The molecule has 0 radical (unpaired) electrons. The van der Waals surface area contributed by atoms with Crippen LogP contribution in [0.25, 0.3) is 21.3 Å². The average Bonchev–Trinajstić information content (AvgIpc) is 3.19. The SMILES string of the molecule is COc1ccc(-c2csc3ncnc(NCCc4ccc(S(N)(=O)=O)cc4)c23)cc1. The number of nitrogens with two attached hydrogens (primary N) is 1. The van der Waals surface area contributed by atoms with Crippen molar-refractivity contribution in [2.24, 2.45) is 5.14 Å². The molecule has 0 spiro atoms. The number of hydrogen-bond acceptors (Lipinski definition) is 7. The Kier molecular flexibility index (Phi) is 5.67. The molecule has 0 aliphatic heterocycles. The lowest BCUT2D eigenvalue weighted by Crippen LogP contribution is -2.12. The molecule has 0 saturated heterocycles. The highest BCUT2D eigenvalue weighted by molar-refractivity contribution is 7.89. The Morgan fingerprint density at radius 3 is 2.47 bits per heavy atom. The number of aromatic nitrogens is 2. The van der Waals surface area contributed by atoms with E-state index < -0.39 is 10.0 Å². The number of rotatable bonds is 7. The van der Waals surface area contributed by atoms with Crippen LogP contribution in [0.2, 0.25) is 0 Å². The summed E-state index contributed by atoms with van der Waals surface area (Å²) in [7, 11) is -2.03. The zero-order valence-corrected chi connectivity index (χ0v) is 17.8. The number of methoxy groups -OCH3 is 1. The monoisotopic (exact) mass is 440 g/mol. The Bertz CT molecular complexity index is 1270. The largest absolute Gasteiger partial charge is 0.497 e. The Morgan fingerprint density at radius 2 is 1.80 bits per heavy atom. The predicted octanol–water partition coefficient (Wildman–Crippen LogP) is 3.67. The third-order valence-corrected chi connectivity index (χ3v) is 6.54. The highest BCUT2D eigenvalue weighted by Gasteiger charge is 2.13. The van der Waals surface area contributed by atoms with Gasteiger partial charge in [0.25, 0.3) is 0 Å². The number of nitrogens with zero attached hydrogens (tertiary/aromatic N) is 2. The second-order valence-electron chi connectivity index (χ2n) is 6.65. The molecule has 0 aliphatic rings. The number of benzene rings is 2.